The first-order valence-electron chi connectivity index (χ1n) is 8.08. The van der Waals surface area contributed by atoms with Crippen LogP contribution in [-0.2, 0) is 4.74 Å². The number of hydrogen-bond acceptors (Lipinski definition) is 3. The Labute approximate surface area is 126 Å². The lowest BCUT2D eigenvalue weighted by atomic mass is 9.96. The third-order valence-electron chi connectivity index (χ3n) is 4.51. The summed E-state index contributed by atoms with van der Waals surface area (Å²) in [6.45, 7) is 3.39. The molecule has 2 fully saturated rings. The number of morpholine rings is 1. The van der Waals surface area contributed by atoms with Crippen molar-refractivity contribution in [2.75, 3.05) is 31.2 Å². The fraction of sp³-hybridized carbons (Fsp3) is 0.588. The highest BCUT2D eigenvalue weighted by molar-refractivity contribution is 5.85. The van der Waals surface area contributed by atoms with E-state index in [4.69, 9.17) is 4.74 Å². The van der Waals surface area contributed by atoms with Crippen LogP contribution >= 0.6 is 0 Å². The van der Waals surface area contributed by atoms with E-state index < -0.39 is 0 Å². The molecule has 4 nitrogen and oxygen atoms in total. The average molecular weight is 289 g/mol. The van der Waals surface area contributed by atoms with Crippen molar-refractivity contribution in [2.45, 2.75) is 38.1 Å². The Bertz CT molecular complexity index is 489. The van der Waals surface area contributed by atoms with Gasteiger partial charge in [-0.2, -0.15) is 0 Å². The predicted molar refractivity (Wildman–Crippen MR) is 83.6 cm³/mol. The summed E-state index contributed by atoms with van der Waals surface area (Å²) in [5.74, 6) is 0. The van der Waals surface area contributed by atoms with Gasteiger partial charge in [0.2, 0.25) is 12.3 Å². The number of nitrogens with zero attached hydrogens (tertiary/aromatic N) is 2. The van der Waals surface area contributed by atoms with Crippen molar-refractivity contribution < 1.29 is 14.7 Å². The van der Waals surface area contributed by atoms with Crippen LogP contribution in [0.3, 0.4) is 0 Å². The summed E-state index contributed by atoms with van der Waals surface area (Å²) in [6.07, 6.45) is 7.83. The summed E-state index contributed by atoms with van der Waals surface area (Å²) in [7, 11) is 0. The number of para-hydroxylation sites is 1. The molecule has 1 saturated carbocycles. The molecule has 1 saturated heterocycles. The van der Waals surface area contributed by atoms with Gasteiger partial charge in [0.25, 0.3) is 0 Å². The predicted octanol–water partition coefficient (Wildman–Crippen LogP) is 2.68. The summed E-state index contributed by atoms with van der Waals surface area (Å²) in [5, 5.41) is 10.4. The lowest BCUT2D eigenvalue weighted by Gasteiger charge is -2.29. The molecular formula is C17H25N2O2+. The van der Waals surface area contributed by atoms with Gasteiger partial charge in [0.15, 0.2) is 0 Å². The van der Waals surface area contributed by atoms with Crippen molar-refractivity contribution in [3.63, 3.8) is 0 Å². The van der Waals surface area contributed by atoms with E-state index in [2.05, 4.69) is 23.1 Å². The number of rotatable bonds is 3. The first-order chi connectivity index (χ1) is 10.3. The van der Waals surface area contributed by atoms with Gasteiger partial charge in [0.05, 0.1) is 24.5 Å². The van der Waals surface area contributed by atoms with E-state index in [-0.39, 0.29) is 6.04 Å². The SMILES string of the molecule is O/[N+](=C\c1ccccc1N1CCOCC1)C1CCCCC1. The van der Waals surface area contributed by atoms with E-state index in [1.807, 2.05) is 12.3 Å². The first kappa shape index (κ1) is 14.4. The molecule has 4 heteroatoms. The summed E-state index contributed by atoms with van der Waals surface area (Å²) >= 11 is 0. The van der Waals surface area contributed by atoms with E-state index in [0.29, 0.717) is 0 Å². The van der Waals surface area contributed by atoms with Crippen LogP contribution in [0.4, 0.5) is 5.69 Å². The molecule has 0 bridgehead atoms. The molecule has 21 heavy (non-hydrogen) atoms. The van der Waals surface area contributed by atoms with Gasteiger partial charge < -0.3 is 9.64 Å². The maximum absolute atomic E-state index is 10.4. The van der Waals surface area contributed by atoms with E-state index >= 15 is 0 Å². The molecule has 1 aliphatic heterocycles. The Morgan fingerprint density at radius 3 is 2.57 bits per heavy atom. The number of hydroxylamine groups is 1. The summed E-state index contributed by atoms with van der Waals surface area (Å²) < 4.78 is 6.87. The van der Waals surface area contributed by atoms with Crippen molar-refractivity contribution in [3.05, 3.63) is 29.8 Å². The van der Waals surface area contributed by atoms with Gasteiger partial charge in [0, 0.05) is 25.9 Å². The number of anilines is 1. The minimum absolute atomic E-state index is 0.275. The first-order valence-corrected chi connectivity index (χ1v) is 8.08. The number of benzene rings is 1. The van der Waals surface area contributed by atoms with Gasteiger partial charge in [-0.05, 0) is 29.7 Å². The molecule has 1 aromatic rings. The Morgan fingerprint density at radius 2 is 1.81 bits per heavy atom. The normalized spacial score (nSPS) is 21.5. The van der Waals surface area contributed by atoms with Crippen LogP contribution in [0.1, 0.15) is 37.7 Å². The minimum atomic E-state index is 0.275. The highest BCUT2D eigenvalue weighted by atomic mass is 16.5. The lowest BCUT2D eigenvalue weighted by Crippen LogP contribution is -2.37. The number of hydrogen-bond donors (Lipinski definition) is 1. The third-order valence-corrected chi connectivity index (χ3v) is 4.51. The Kier molecular flexibility index (Phi) is 4.76. The molecule has 1 N–H and O–H groups in total. The van der Waals surface area contributed by atoms with Gasteiger partial charge in [0.1, 0.15) is 0 Å². The van der Waals surface area contributed by atoms with Crippen molar-refractivity contribution in [3.8, 4) is 0 Å². The second kappa shape index (κ2) is 6.94. The largest absolute Gasteiger partial charge is 0.378 e. The van der Waals surface area contributed by atoms with E-state index in [9.17, 15) is 5.21 Å². The summed E-state index contributed by atoms with van der Waals surface area (Å²) in [6, 6.07) is 8.58. The van der Waals surface area contributed by atoms with E-state index in [1.54, 1.807) is 0 Å². The molecule has 1 aromatic carbocycles. The molecule has 0 unspecified atom stereocenters. The molecule has 1 heterocycles. The van der Waals surface area contributed by atoms with Gasteiger partial charge in [-0.15, -0.1) is 0 Å². The van der Waals surface area contributed by atoms with Crippen LogP contribution in [0.25, 0.3) is 0 Å². The van der Waals surface area contributed by atoms with Gasteiger partial charge in [-0.1, -0.05) is 18.6 Å². The van der Waals surface area contributed by atoms with Crippen molar-refractivity contribution in [1.82, 2.24) is 0 Å². The molecule has 0 radical (unpaired) electrons. The zero-order valence-corrected chi connectivity index (χ0v) is 12.6. The molecule has 0 aromatic heterocycles. The van der Waals surface area contributed by atoms with Crippen LogP contribution in [-0.4, -0.2) is 48.5 Å². The van der Waals surface area contributed by atoms with Gasteiger partial charge in [-0.25, -0.2) is 0 Å². The van der Waals surface area contributed by atoms with E-state index in [0.717, 1.165) is 44.7 Å². The highest BCUT2D eigenvalue weighted by Crippen LogP contribution is 2.22. The molecule has 2 aliphatic rings. The lowest BCUT2D eigenvalue weighted by molar-refractivity contribution is -0.797. The third kappa shape index (κ3) is 3.56. The Balaban J connectivity index is 1.80. The smallest absolute Gasteiger partial charge is 0.225 e. The van der Waals surface area contributed by atoms with Crippen LogP contribution in [0.5, 0.6) is 0 Å². The maximum Gasteiger partial charge on any atom is 0.225 e. The molecule has 114 valence electrons. The maximum atomic E-state index is 10.4. The molecule has 1 aliphatic carbocycles. The van der Waals surface area contributed by atoms with Crippen molar-refractivity contribution in [2.24, 2.45) is 0 Å². The zero-order valence-electron chi connectivity index (χ0n) is 12.6. The zero-order chi connectivity index (χ0) is 14.5. The van der Waals surface area contributed by atoms with Crippen LogP contribution in [0, 0.1) is 0 Å². The summed E-state index contributed by atoms with van der Waals surface area (Å²) in [5.41, 5.74) is 2.28. The van der Waals surface area contributed by atoms with Crippen LogP contribution in [0.2, 0.25) is 0 Å². The molecule has 0 atom stereocenters. The van der Waals surface area contributed by atoms with Crippen LogP contribution < -0.4 is 4.90 Å². The van der Waals surface area contributed by atoms with Gasteiger partial charge in [-0.3, -0.25) is 5.21 Å². The molecular weight excluding hydrogens is 264 g/mol. The number of ether oxygens (including phenoxy) is 1. The van der Waals surface area contributed by atoms with Crippen molar-refractivity contribution in [1.29, 1.82) is 0 Å². The second-order valence-electron chi connectivity index (χ2n) is 5.96. The molecule has 0 spiro atoms. The average Bonchev–Trinajstić information content (AvgIpc) is 2.57. The summed E-state index contributed by atoms with van der Waals surface area (Å²) in [4.78, 5) is 2.34. The minimum Gasteiger partial charge on any atom is -0.378 e. The molecule has 0 amide bonds. The highest BCUT2D eigenvalue weighted by Gasteiger charge is 2.24. The van der Waals surface area contributed by atoms with Crippen LogP contribution in [0.15, 0.2) is 24.3 Å². The fourth-order valence-corrected chi connectivity index (χ4v) is 3.28. The Morgan fingerprint density at radius 1 is 1.10 bits per heavy atom. The monoisotopic (exact) mass is 289 g/mol. The van der Waals surface area contributed by atoms with Crippen molar-refractivity contribution >= 4 is 11.9 Å². The topological polar surface area (TPSA) is 35.7 Å². The fourth-order valence-electron chi connectivity index (χ4n) is 3.28. The standard InChI is InChI=1S/C17H25N2O2/c20-19(16-7-2-1-3-8-16)14-15-6-4-5-9-17(15)18-10-12-21-13-11-18/h4-6,9,14,16,20H,1-3,7-8,10-13H2/q+1. The van der Waals surface area contributed by atoms with Gasteiger partial charge >= 0.3 is 0 Å². The quantitative estimate of drug-likeness (QED) is 0.402. The second-order valence-corrected chi connectivity index (χ2v) is 5.96. The Hall–Kier alpha value is -1.55. The molecule has 3 rings (SSSR count). The van der Waals surface area contributed by atoms with E-state index in [1.165, 1.54) is 29.7 Å².